The number of benzene rings is 1. The van der Waals surface area contributed by atoms with Gasteiger partial charge < -0.3 is 11.1 Å². The van der Waals surface area contributed by atoms with Crippen LogP contribution in [-0.2, 0) is 11.2 Å². The minimum Gasteiger partial charge on any atom is -0.322 e. The highest BCUT2D eigenvalue weighted by Crippen LogP contribution is 2.25. The number of amides is 1. The van der Waals surface area contributed by atoms with Crippen molar-refractivity contribution in [2.24, 2.45) is 5.73 Å². The predicted octanol–water partition coefficient (Wildman–Crippen LogP) is 2.95. The van der Waals surface area contributed by atoms with Crippen LogP contribution >= 0.6 is 22.7 Å². The van der Waals surface area contributed by atoms with Crippen LogP contribution in [0.1, 0.15) is 23.7 Å². The number of hydrogen-bond donors (Lipinski definition) is 2. The molecule has 3 N–H and O–H groups in total. The Labute approximate surface area is 129 Å². The van der Waals surface area contributed by atoms with Crippen molar-refractivity contribution in [1.29, 1.82) is 0 Å². The van der Waals surface area contributed by atoms with Crippen LogP contribution < -0.4 is 11.1 Å². The van der Waals surface area contributed by atoms with Crippen LogP contribution in [0.3, 0.4) is 0 Å². The molecular weight excluding hydrogens is 304 g/mol. The Kier molecular flexibility index (Phi) is 3.96. The van der Waals surface area contributed by atoms with Crippen molar-refractivity contribution in [2.45, 2.75) is 19.4 Å². The number of hydrogen-bond acceptors (Lipinski definition) is 6. The Balaban J connectivity index is 1.68. The van der Waals surface area contributed by atoms with Gasteiger partial charge in [0.2, 0.25) is 5.91 Å². The number of fused-ring (bicyclic) bond motifs is 1. The SMILES string of the molecule is CC(N)c1nc(CC(=O)Nc2nc3ccccc3s2)cs1. The van der Waals surface area contributed by atoms with Crippen LogP contribution in [0.25, 0.3) is 10.2 Å². The van der Waals surface area contributed by atoms with Crippen LogP contribution in [0.15, 0.2) is 29.6 Å². The quantitative estimate of drug-likeness (QED) is 0.775. The molecule has 0 bridgehead atoms. The third kappa shape index (κ3) is 3.26. The highest BCUT2D eigenvalue weighted by atomic mass is 32.1. The van der Waals surface area contributed by atoms with Gasteiger partial charge >= 0.3 is 0 Å². The molecule has 0 radical (unpaired) electrons. The highest BCUT2D eigenvalue weighted by Gasteiger charge is 2.12. The van der Waals surface area contributed by atoms with Crippen molar-refractivity contribution in [2.75, 3.05) is 5.32 Å². The molecule has 0 saturated heterocycles. The Morgan fingerprint density at radius 3 is 2.90 bits per heavy atom. The van der Waals surface area contributed by atoms with Gasteiger partial charge in [-0.15, -0.1) is 11.3 Å². The fourth-order valence-electron chi connectivity index (χ4n) is 1.87. The Hall–Kier alpha value is -1.83. The zero-order valence-electron chi connectivity index (χ0n) is 11.4. The maximum atomic E-state index is 12.0. The Morgan fingerprint density at radius 2 is 2.19 bits per heavy atom. The molecule has 0 saturated carbocycles. The molecule has 0 aliphatic rings. The number of nitrogens with two attached hydrogens (primary N) is 1. The van der Waals surface area contributed by atoms with Gasteiger partial charge in [-0.05, 0) is 19.1 Å². The lowest BCUT2D eigenvalue weighted by atomic mass is 10.3. The summed E-state index contributed by atoms with van der Waals surface area (Å²) in [4.78, 5) is 20.8. The van der Waals surface area contributed by atoms with E-state index in [1.165, 1.54) is 22.7 Å². The van der Waals surface area contributed by atoms with E-state index >= 15 is 0 Å². The van der Waals surface area contributed by atoms with Gasteiger partial charge in [-0.1, -0.05) is 23.5 Å². The maximum Gasteiger partial charge on any atom is 0.232 e. The van der Waals surface area contributed by atoms with Crippen molar-refractivity contribution in [3.8, 4) is 0 Å². The van der Waals surface area contributed by atoms with E-state index in [9.17, 15) is 4.79 Å². The van der Waals surface area contributed by atoms with Gasteiger partial charge in [0.1, 0.15) is 5.01 Å². The first-order chi connectivity index (χ1) is 10.1. The van der Waals surface area contributed by atoms with Crippen molar-refractivity contribution < 1.29 is 4.79 Å². The number of rotatable bonds is 4. The van der Waals surface area contributed by atoms with Gasteiger partial charge in [0.05, 0.1) is 28.4 Å². The lowest BCUT2D eigenvalue weighted by Gasteiger charge is -1.99. The number of anilines is 1. The second-order valence-corrected chi connectivity index (χ2v) is 6.60. The van der Waals surface area contributed by atoms with Crippen molar-refractivity contribution in [1.82, 2.24) is 9.97 Å². The highest BCUT2D eigenvalue weighted by molar-refractivity contribution is 7.22. The zero-order valence-corrected chi connectivity index (χ0v) is 13.0. The molecular formula is C14H14N4OS2. The van der Waals surface area contributed by atoms with E-state index in [-0.39, 0.29) is 18.4 Å². The third-order valence-electron chi connectivity index (χ3n) is 2.84. The van der Waals surface area contributed by atoms with Crippen LogP contribution in [-0.4, -0.2) is 15.9 Å². The van der Waals surface area contributed by atoms with E-state index in [2.05, 4.69) is 15.3 Å². The van der Waals surface area contributed by atoms with E-state index < -0.39 is 0 Å². The zero-order chi connectivity index (χ0) is 14.8. The summed E-state index contributed by atoms with van der Waals surface area (Å²) in [6.45, 7) is 1.88. The second-order valence-electron chi connectivity index (χ2n) is 4.68. The minimum atomic E-state index is -0.115. The molecule has 1 aromatic carbocycles. The van der Waals surface area contributed by atoms with Crippen molar-refractivity contribution in [3.05, 3.63) is 40.3 Å². The summed E-state index contributed by atoms with van der Waals surface area (Å²) in [7, 11) is 0. The van der Waals surface area contributed by atoms with Crippen LogP contribution in [0.4, 0.5) is 5.13 Å². The maximum absolute atomic E-state index is 12.0. The summed E-state index contributed by atoms with van der Waals surface area (Å²) < 4.78 is 1.06. The smallest absolute Gasteiger partial charge is 0.232 e. The molecule has 21 heavy (non-hydrogen) atoms. The van der Waals surface area contributed by atoms with Gasteiger partial charge in [-0.3, -0.25) is 4.79 Å². The second kappa shape index (κ2) is 5.88. The number of para-hydroxylation sites is 1. The molecule has 5 nitrogen and oxygen atoms in total. The van der Waals surface area contributed by atoms with E-state index in [0.717, 1.165) is 20.9 Å². The van der Waals surface area contributed by atoms with E-state index in [1.807, 2.05) is 36.6 Å². The summed E-state index contributed by atoms with van der Waals surface area (Å²) in [6.07, 6.45) is 0.235. The number of nitrogens with one attached hydrogen (secondary N) is 1. The monoisotopic (exact) mass is 318 g/mol. The van der Waals surface area contributed by atoms with Gasteiger partial charge in [-0.2, -0.15) is 0 Å². The van der Waals surface area contributed by atoms with Crippen LogP contribution in [0, 0.1) is 0 Å². The van der Waals surface area contributed by atoms with E-state index in [1.54, 1.807) is 0 Å². The van der Waals surface area contributed by atoms with E-state index in [0.29, 0.717) is 5.13 Å². The topological polar surface area (TPSA) is 80.9 Å². The normalized spacial score (nSPS) is 12.5. The van der Waals surface area contributed by atoms with Crippen LogP contribution in [0.5, 0.6) is 0 Å². The van der Waals surface area contributed by atoms with Gasteiger partial charge in [0, 0.05) is 5.38 Å². The molecule has 2 aromatic heterocycles. The number of nitrogens with zero attached hydrogens (tertiary/aromatic N) is 2. The molecule has 108 valence electrons. The summed E-state index contributed by atoms with van der Waals surface area (Å²) in [5.74, 6) is -0.115. The first-order valence-corrected chi connectivity index (χ1v) is 8.17. The molecule has 1 atom stereocenters. The first kappa shape index (κ1) is 14.1. The molecule has 0 aliphatic heterocycles. The molecule has 3 rings (SSSR count). The number of thiazole rings is 2. The molecule has 0 aliphatic carbocycles. The average Bonchev–Trinajstić information content (AvgIpc) is 3.04. The lowest BCUT2D eigenvalue weighted by Crippen LogP contribution is -2.14. The largest absolute Gasteiger partial charge is 0.322 e. The molecule has 0 spiro atoms. The molecule has 7 heteroatoms. The van der Waals surface area contributed by atoms with E-state index in [4.69, 9.17) is 5.73 Å². The average molecular weight is 318 g/mol. The van der Waals surface area contributed by atoms with Gasteiger partial charge in [0.15, 0.2) is 5.13 Å². The minimum absolute atomic E-state index is 0.101. The third-order valence-corrected chi connectivity index (χ3v) is 4.89. The Bertz CT molecular complexity index is 745. The summed E-state index contributed by atoms with van der Waals surface area (Å²) >= 11 is 2.95. The van der Waals surface area contributed by atoms with Crippen molar-refractivity contribution >= 4 is 43.9 Å². The molecule has 1 unspecified atom stereocenters. The predicted molar refractivity (Wildman–Crippen MR) is 86.7 cm³/mol. The lowest BCUT2D eigenvalue weighted by molar-refractivity contribution is -0.115. The van der Waals surface area contributed by atoms with Crippen molar-refractivity contribution in [3.63, 3.8) is 0 Å². The fourth-order valence-corrected chi connectivity index (χ4v) is 3.53. The fraction of sp³-hybridized carbons (Fsp3) is 0.214. The number of aromatic nitrogens is 2. The molecule has 1 amide bonds. The number of carbonyl (C=O) groups excluding carboxylic acids is 1. The van der Waals surface area contributed by atoms with Gasteiger partial charge in [-0.25, -0.2) is 9.97 Å². The number of carbonyl (C=O) groups is 1. The molecule has 2 heterocycles. The first-order valence-electron chi connectivity index (χ1n) is 6.47. The molecule has 0 fully saturated rings. The Morgan fingerprint density at radius 1 is 1.38 bits per heavy atom. The standard InChI is InChI=1S/C14H14N4OS2/c1-8(15)13-16-9(7-20-13)6-12(19)18-14-17-10-4-2-3-5-11(10)21-14/h2-5,7-8H,6,15H2,1H3,(H,17,18,19). The molecule has 3 aromatic rings. The summed E-state index contributed by atoms with van der Waals surface area (Å²) in [6, 6.07) is 7.69. The summed E-state index contributed by atoms with van der Waals surface area (Å²) in [5.41, 5.74) is 7.40. The van der Waals surface area contributed by atoms with Crippen LogP contribution in [0.2, 0.25) is 0 Å². The summed E-state index contributed by atoms with van der Waals surface area (Å²) in [5, 5.41) is 6.15. The van der Waals surface area contributed by atoms with Gasteiger partial charge in [0.25, 0.3) is 0 Å².